The minimum Gasteiger partial charge on any atom is -0.478 e. The quantitative estimate of drug-likeness (QED) is 0.858. The van der Waals surface area contributed by atoms with Crippen molar-refractivity contribution in [2.45, 2.75) is 44.1 Å². The summed E-state index contributed by atoms with van der Waals surface area (Å²) in [4.78, 5) is 26.7. The van der Waals surface area contributed by atoms with Crippen molar-refractivity contribution in [1.82, 2.24) is 14.7 Å². The number of hydrogen-bond donors (Lipinski definition) is 1. The molecule has 0 aliphatic carbocycles. The standard InChI is InChI=1S/C22H27N3O4/c1-16-2-4-18(5-3-16)22(8-12-29-13-9-22)21(28)24-10-6-19(7-11-24)25-15-17(14-23-25)20(26)27/h2-5,14-15,19H,6-13H2,1H3,(H,26,27). The lowest BCUT2D eigenvalue weighted by molar-refractivity contribution is -0.142. The summed E-state index contributed by atoms with van der Waals surface area (Å²) in [6.45, 7) is 4.56. The van der Waals surface area contributed by atoms with E-state index in [1.165, 1.54) is 11.8 Å². The Balaban J connectivity index is 1.49. The summed E-state index contributed by atoms with van der Waals surface area (Å²) in [5.41, 5.74) is 1.95. The maximum Gasteiger partial charge on any atom is 0.338 e. The summed E-state index contributed by atoms with van der Waals surface area (Å²) in [7, 11) is 0. The third-order valence-corrected chi connectivity index (χ3v) is 6.33. The highest BCUT2D eigenvalue weighted by Crippen LogP contribution is 2.38. The van der Waals surface area contributed by atoms with Crippen molar-refractivity contribution >= 4 is 11.9 Å². The minimum absolute atomic E-state index is 0.122. The van der Waals surface area contributed by atoms with E-state index in [1.807, 2.05) is 4.90 Å². The topological polar surface area (TPSA) is 84.7 Å². The zero-order chi connectivity index (χ0) is 20.4. The Bertz CT molecular complexity index is 876. The van der Waals surface area contributed by atoms with E-state index in [-0.39, 0.29) is 17.5 Å². The summed E-state index contributed by atoms with van der Waals surface area (Å²) in [5, 5.41) is 13.3. The number of carboxylic acid groups (broad SMARTS) is 1. The molecule has 7 heteroatoms. The highest BCUT2D eigenvalue weighted by atomic mass is 16.5. The molecule has 3 heterocycles. The predicted molar refractivity (Wildman–Crippen MR) is 107 cm³/mol. The van der Waals surface area contributed by atoms with Crippen LogP contribution in [-0.2, 0) is 14.9 Å². The SMILES string of the molecule is Cc1ccc(C2(C(=O)N3CCC(n4cc(C(=O)O)cn4)CC3)CCOCC2)cc1. The largest absolute Gasteiger partial charge is 0.478 e. The van der Waals surface area contributed by atoms with Gasteiger partial charge in [0.15, 0.2) is 0 Å². The fraction of sp³-hybridized carbons (Fsp3) is 0.500. The Kier molecular flexibility index (Phi) is 5.41. The zero-order valence-electron chi connectivity index (χ0n) is 16.7. The van der Waals surface area contributed by atoms with Crippen LogP contribution in [0.2, 0.25) is 0 Å². The Morgan fingerprint density at radius 3 is 2.38 bits per heavy atom. The summed E-state index contributed by atoms with van der Waals surface area (Å²) in [6, 6.07) is 8.44. The number of carbonyl (C=O) groups is 2. The van der Waals surface area contributed by atoms with Crippen LogP contribution in [0.1, 0.15) is 53.2 Å². The minimum atomic E-state index is -0.969. The van der Waals surface area contributed by atoms with Gasteiger partial charge in [-0.1, -0.05) is 29.8 Å². The number of piperidine rings is 1. The van der Waals surface area contributed by atoms with Gasteiger partial charge in [-0.3, -0.25) is 9.48 Å². The van der Waals surface area contributed by atoms with Crippen LogP contribution in [0.3, 0.4) is 0 Å². The van der Waals surface area contributed by atoms with Crippen molar-refractivity contribution in [2.75, 3.05) is 26.3 Å². The number of rotatable bonds is 4. The highest BCUT2D eigenvalue weighted by molar-refractivity contribution is 5.88. The van der Waals surface area contributed by atoms with Crippen LogP contribution in [0.25, 0.3) is 0 Å². The lowest BCUT2D eigenvalue weighted by Crippen LogP contribution is -2.52. The molecule has 0 atom stereocenters. The first kappa shape index (κ1) is 19.6. The van der Waals surface area contributed by atoms with E-state index < -0.39 is 11.4 Å². The van der Waals surface area contributed by atoms with Crippen LogP contribution < -0.4 is 0 Å². The van der Waals surface area contributed by atoms with Gasteiger partial charge < -0.3 is 14.7 Å². The maximum atomic E-state index is 13.7. The van der Waals surface area contributed by atoms with E-state index in [0.29, 0.717) is 39.1 Å². The van der Waals surface area contributed by atoms with Gasteiger partial charge in [-0.2, -0.15) is 5.10 Å². The van der Waals surface area contributed by atoms with Gasteiger partial charge in [0, 0.05) is 32.5 Å². The van der Waals surface area contributed by atoms with Gasteiger partial charge in [-0.25, -0.2) is 4.79 Å². The van der Waals surface area contributed by atoms with Gasteiger partial charge in [0.2, 0.25) is 5.91 Å². The molecule has 4 rings (SSSR count). The Labute approximate surface area is 170 Å². The molecule has 2 saturated heterocycles. The summed E-state index contributed by atoms with van der Waals surface area (Å²) >= 11 is 0. The van der Waals surface area contributed by atoms with Gasteiger partial charge in [0.05, 0.1) is 23.2 Å². The molecule has 1 N–H and O–H groups in total. The zero-order valence-corrected chi connectivity index (χ0v) is 16.7. The number of nitrogens with zero attached hydrogens (tertiary/aromatic N) is 3. The van der Waals surface area contributed by atoms with Crippen LogP contribution in [0.5, 0.6) is 0 Å². The molecule has 0 spiro atoms. The average molecular weight is 397 g/mol. The fourth-order valence-corrected chi connectivity index (χ4v) is 4.50. The number of aromatic carboxylic acids is 1. The maximum absolute atomic E-state index is 13.7. The average Bonchev–Trinajstić information content (AvgIpc) is 3.25. The molecule has 154 valence electrons. The lowest BCUT2D eigenvalue weighted by Gasteiger charge is -2.42. The molecule has 1 aromatic heterocycles. The predicted octanol–water partition coefficient (Wildman–Crippen LogP) is 2.80. The molecule has 2 aliphatic heterocycles. The van der Waals surface area contributed by atoms with Gasteiger partial charge in [0.1, 0.15) is 0 Å². The molecule has 7 nitrogen and oxygen atoms in total. The van der Waals surface area contributed by atoms with Crippen molar-refractivity contribution < 1.29 is 19.4 Å². The Hall–Kier alpha value is -2.67. The second-order valence-electron chi connectivity index (χ2n) is 8.10. The first-order chi connectivity index (χ1) is 14.0. The second-order valence-corrected chi connectivity index (χ2v) is 8.10. The van der Waals surface area contributed by atoms with E-state index >= 15 is 0 Å². The number of aromatic nitrogens is 2. The monoisotopic (exact) mass is 397 g/mol. The highest BCUT2D eigenvalue weighted by Gasteiger charge is 2.44. The number of aryl methyl sites for hydroxylation is 1. The molecule has 1 aromatic carbocycles. The first-order valence-corrected chi connectivity index (χ1v) is 10.2. The van der Waals surface area contributed by atoms with Crippen LogP contribution in [0.4, 0.5) is 0 Å². The Morgan fingerprint density at radius 1 is 1.14 bits per heavy atom. The number of amides is 1. The van der Waals surface area contributed by atoms with Crippen molar-refractivity contribution in [3.05, 3.63) is 53.3 Å². The molecule has 0 saturated carbocycles. The van der Waals surface area contributed by atoms with Gasteiger partial charge in [-0.05, 0) is 38.2 Å². The van der Waals surface area contributed by atoms with Crippen LogP contribution in [-0.4, -0.2) is 58.0 Å². The van der Waals surface area contributed by atoms with Crippen LogP contribution in [0.15, 0.2) is 36.7 Å². The molecule has 0 bridgehead atoms. The number of likely N-dealkylation sites (tertiary alicyclic amines) is 1. The molecule has 2 fully saturated rings. The van der Waals surface area contributed by atoms with Crippen molar-refractivity contribution in [3.8, 4) is 0 Å². The molecule has 1 amide bonds. The molecule has 29 heavy (non-hydrogen) atoms. The van der Waals surface area contributed by atoms with Crippen molar-refractivity contribution in [3.63, 3.8) is 0 Å². The Morgan fingerprint density at radius 2 is 1.79 bits per heavy atom. The molecular weight excluding hydrogens is 370 g/mol. The third kappa shape index (κ3) is 3.79. The van der Waals surface area contributed by atoms with Crippen LogP contribution >= 0.6 is 0 Å². The van der Waals surface area contributed by atoms with E-state index in [9.17, 15) is 9.59 Å². The molecule has 0 radical (unpaired) electrons. The summed E-state index contributed by atoms with van der Waals surface area (Å²) < 4.78 is 7.31. The smallest absolute Gasteiger partial charge is 0.338 e. The second kappa shape index (κ2) is 7.99. The number of benzene rings is 1. The fourth-order valence-electron chi connectivity index (χ4n) is 4.50. The summed E-state index contributed by atoms with van der Waals surface area (Å²) in [6.07, 6.45) is 5.91. The van der Waals surface area contributed by atoms with Gasteiger partial charge >= 0.3 is 5.97 Å². The molecule has 2 aromatic rings. The third-order valence-electron chi connectivity index (χ3n) is 6.33. The summed E-state index contributed by atoms with van der Waals surface area (Å²) in [5.74, 6) is -0.779. The number of hydrogen-bond acceptors (Lipinski definition) is 4. The van der Waals surface area contributed by atoms with E-state index in [2.05, 4.69) is 36.3 Å². The number of carboxylic acids is 1. The van der Waals surface area contributed by atoms with E-state index in [1.54, 1.807) is 10.9 Å². The normalized spacial score (nSPS) is 19.8. The number of carbonyl (C=O) groups excluding carboxylic acids is 1. The van der Waals surface area contributed by atoms with Gasteiger partial charge in [0.25, 0.3) is 0 Å². The van der Waals surface area contributed by atoms with Crippen molar-refractivity contribution in [2.24, 2.45) is 0 Å². The molecule has 0 unspecified atom stereocenters. The van der Waals surface area contributed by atoms with Gasteiger partial charge in [-0.15, -0.1) is 0 Å². The van der Waals surface area contributed by atoms with E-state index in [0.717, 1.165) is 18.4 Å². The van der Waals surface area contributed by atoms with Crippen molar-refractivity contribution in [1.29, 1.82) is 0 Å². The lowest BCUT2D eigenvalue weighted by atomic mass is 9.72. The molecular formula is C22H27N3O4. The first-order valence-electron chi connectivity index (χ1n) is 10.2. The number of ether oxygens (including phenoxy) is 1. The van der Waals surface area contributed by atoms with E-state index in [4.69, 9.17) is 9.84 Å². The van der Waals surface area contributed by atoms with Crippen LogP contribution in [0, 0.1) is 6.92 Å². The molecule has 2 aliphatic rings.